The number of hydrogen-bond donors (Lipinski definition) is 0. The largest absolute Gasteiger partial charge is 0.360 e. The molecule has 0 aliphatic heterocycles. The zero-order valence-electron chi connectivity index (χ0n) is 7.69. The molecule has 0 atom stereocenters. The molecule has 3 aromatic rings. The van der Waals surface area contributed by atoms with E-state index >= 15 is 0 Å². The number of aryl methyl sites for hydroxylation is 1. The molecule has 2 heterocycles. The van der Waals surface area contributed by atoms with E-state index in [0.29, 0.717) is 0 Å². The Kier molecular flexibility index (Phi) is 1.36. The molecule has 2 aromatic heterocycles. The molecule has 3 nitrogen and oxygen atoms in total. The molecular formula is C11H8N2O. The van der Waals surface area contributed by atoms with E-state index in [1.165, 1.54) is 0 Å². The molecule has 3 rings (SSSR count). The fraction of sp³-hybridized carbons (Fsp3) is 0.0909. The predicted octanol–water partition coefficient (Wildman–Crippen LogP) is 2.68. The van der Waals surface area contributed by atoms with E-state index in [0.717, 1.165) is 27.6 Å². The first-order valence-corrected chi connectivity index (χ1v) is 4.46. The lowest BCUT2D eigenvalue weighted by atomic mass is 10.1. The van der Waals surface area contributed by atoms with Crippen LogP contribution in [0.1, 0.15) is 5.76 Å². The van der Waals surface area contributed by atoms with Gasteiger partial charge in [0.2, 0.25) is 0 Å². The number of aromatic nitrogens is 2. The van der Waals surface area contributed by atoms with Gasteiger partial charge in [-0.3, -0.25) is 4.98 Å². The van der Waals surface area contributed by atoms with Gasteiger partial charge in [-0.2, -0.15) is 0 Å². The van der Waals surface area contributed by atoms with E-state index in [2.05, 4.69) is 10.1 Å². The zero-order valence-corrected chi connectivity index (χ0v) is 7.69. The monoisotopic (exact) mass is 184 g/mol. The predicted molar refractivity (Wildman–Crippen MR) is 54.0 cm³/mol. The second-order valence-corrected chi connectivity index (χ2v) is 3.27. The lowest BCUT2D eigenvalue weighted by Crippen LogP contribution is -1.78. The van der Waals surface area contributed by atoms with Crippen LogP contribution in [0.25, 0.3) is 21.8 Å². The molecule has 0 amide bonds. The van der Waals surface area contributed by atoms with Crippen molar-refractivity contribution in [2.75, 3.05) is 0 Å². The van der Waals surface area contributed by atoms with Crippen LogP contribution in [0, 0.1) is 6.92 Å². The summed E-state index contributed by atoms with van der Waals surface area (Å²) in [6.07, 6.45) is 1.78. The summed E-state index contributed by atoms with van der Waals surface area (Å²) in [6, 6.07) is 7.90. The fourth-order valence-corrected chi connectivity index (χ4v) is 1.68. The number of rotatable bonds is 0. The zero-order chi connectivity index (χ0) is 9.54. The average Bonchev–Trinajstić information content (AvgIpc) is 2.61. The van der Waals surface area contributed by atoms with Crippen molar-refractivity contribution in [3.05, 3.63) is 36.2 Å². The Morgan fingerprint density at radius 2 is 2.07 bits per heavy atom. The van der Waals surface area contributed by atoms with E-state index in [1.807, 2.05) is 31.2 Å². The molecule has 0 N–H and O–H groups in total. The maximum absolute atomic E-state index is 5.15. The number of hydrogen-bond acceptors (Lipinski definition) is 3. The second kappa shape index (κ2) is 2.54. The average molecular weight is 184 g/mol. The van der Waals surface area contributed by atoms with Crippen molar-refractivity contribution in [1.82, 2.24) is 10.1 Å². The molecule has 1 aromatic carbocycles. The molecule has 0 aliphatic carbocycles. The van der Waals surface area contributed by atoms with Crippen molar-refractivity contribution in [1.29, 1.82) is 0 Å². The summed E-state index contributed by atoms with van der Waals surface area (Å²) in [4.78, 5) is 4.26. The van der Waals surface area contributed by atoms with E-state index in [-0.39, 0.29) is 0 Å². The van der Waals surface area contributed by atoms with Gasteiger partial charge in [0.15, 0.2) is 0 Å². The summed E-state index contributed by atoms with van der Waals surface area (Å²) >= 11 is 0. The lowest BCUT2D eigenvalue weighted by Gasteiger charge is -1.95. The first-order valence-electron chi connectivity index (χ1n) is 4.46. The molecule has 0 radical (unpaired) electrons. The molecule has 3 heteroatoms. The van der Waals surface area contributed by atoms with Crippen LogP contribution in [-0.4, -0.2) is 10.1 Å². The maximum atomic E-state index is 5.15. The van der Waals surface area contributed by atoms with Gasteiger partial charge in [0.25, 0.3) is 0 Å². The van der Waals surface area contributed by atoms with Crippen LogP contribution >= 0.6 is 0 Å². The Hall–Kier alpha value is -1.90. The van der Waals surface area contributed by atoms with Crippen LogP contribution in [0.3, 0.4) is 0 Å². The van der Waals surface area contributed by atoms with Crippen molar-refractivity contribution < 1.29 is 4.52 Å². The van der Waals surface area contributed by atoms with Crippen LogP contribution < -0.4 is 0 Å². The van der Waals surface area contributed by atoms with Gasteiger partial charge >= 0.3 is 0 Å². The summed E-state index contributed by atoms with van der Waals surface area (Å²) < 4.78 is 5.15. The van der Waals surface area contributed by atoms with Gasteiger partial charge in [-0.1, -0.05) is 5.16 Å². The van der Waals surface area contributed by atoms with Crippen LogP contribution in [0.2, 0.25) is 0 Å². The summed E-state index contributed by atoms with van der Waals surface area (Å²) in [7, 11) is 0. The molecule has 0 bridgehead atoms. The molecule has 0 saturated heterocycles. The number of pyridine rings is 1. The highest BCUT2D eigenvalue weighted by Crippen LogP contribution is 2.24. The van der Waals surface area contributed by atoms with Gasteiger partial charge in [0.05, 0.1) is 5.52 Å². The minimum Gasteiger partial charge on any atom is -0.360 e. The van der Waals surface area contributed by atoms with Crippen LogP contribution in [-0.2, 0) is 0 Å². The molecule has 0 aliphatic rings. The molecular weight excluding hydrogens is 176 g/mol. The van der Waals surface area contributed by atoms with Crippen molar-refractivity contribution >= 4 is 21.8 Å². The maximum Gasteiger partial charge on any atom is 0.141 e. The third kappa shape index (κ3) is 0.865. The van der Waals surface area contributed by atoms with Crippen LogP contribution in [0.5, 0.6) is 0 Å². The van der Waals surface area contributed by atoms with Gasteiger partial charge in [-0.05, 0) is 31.2 Å². The summed E-state index contributed by atoms with van der Waals surface area (Å²) in [6.45, 7) is 1.91. The first kappa shape index (κ1) is 7.50. The summed E-state index contributed by atoms with van der Waals surface area (Å²) in [5.74, 6) is 0.853. The summed E-state index contributed by atoms with van der Waals surface area (Å²) in [5.41, 5.74) is 1.85. The van der Waals surface area contributed by atoms with Gasteiger partial charge in [0.1, 0.15) is 11.3 Å². The molecule has 0 unspecified atom stereocenters. The molecule has 0 spiro atoms. The number of benzene rings is 1. The Labute approximate surface area is 80.3 Å². The standard InChI is InChI=1S/C11H8N2O/c1-7-8-4-5-10-9(3-2-6-12-10)11(8)13-14-7/h2-6H,1H3. The number of fused-ring (bicyclic) bond motifs is 3. The van der Waals surface area contributed by atoms with Crippen LogP contribution in [0.15, 0.2) is 35.0 Å². The lowest BCUT2D eigenvalue weighted by molar-refractivity contribution is 0.406. The highest BCUT2D eigenvalue weighted by atomic mass is 16.5. The highest BCUT2D eigenvalue weighted by Gasteiger charge is 2.07. The van der Waals surface area contributed by atoms with Crippen molar-refractivity contribution in [2.24, 2.45) is 0 Å². The smallest absolute Gasteiger partial charge is 0.141 e. The minimum atomic E-state index is 0.853. The highest BCUT2D eigenvalue weighted by molar-refractivity contribution is 6.03. The third-order valence-electron chi connectivity index (χ3n) is 2.41. The summed E-state index contributed by atoms with van der Waals surface area (Å²) in [5, 5.41) is 6.14. The van der Waals surface area contributed by atoms with Crippen molar-refractivity contribution in [3.8, 4) is 0 Å². The quantitative estimate of drug-likeness (QED) is 0.539. The first-order chi connectivity index (χ1) is 6.86. The normalized spacial score (nSPS) is 11.2. The Morgan fingerprint density at radius 3 is 3.00 bits per heavy atom. The van der Waals surface area contributed by atoms with E-state index in [9.17, 15) is 0 Å². The molecule has 0 saturated carbocycles. The van der Waals surface area contributed by atoms with Crippen molar-refractivity contribution in [2.45, 2.75) is 6.92 Å². The van der Waals surface area contributed by atoms with Gasteiger partial charge in [0, 0.05) is 17.0 Å². The van der Waals surface area contributed by atoms with E-state index in [1.54, 1.807) is 6.20 Å². The van der Waals surface area contributed by atoms with E-state index in [4.69, 9.17) is 4.52 Å². The molecule has 68 valence electrons. The van der Waals surface area contributed by atoms with Crippen LogP contribution in [0.4, 0.5) is 0 Å². The fourth-order valence-electron chi connectivity index (χ4n) is 1.68. The van der Waals surface area contributed by atoms with Gasteiger partial charge in [-0.15, -0.1) is 0 Å². The number of nitrogens with zero attached hydrogens (tertiary/aromatic N) is 2. The second-order valence-electron chi connectivity index (χ2n) is 3.27. The Bertz CT molecular complexity index is 613. The SMILES string of the molecule is Cc1onc2c1ccc1ncccc12. The Balaban J connectivity index is 2.61. The Morgan fingerprint density at radius 1 is 1.14 bits per heavy atom. The minimum absolute atomic E-state index is 0.853. The van der Waals surface area contributed by atoms with Gasteiger partial charge in [-0.25, -0.2) is 0 Å². The van der Waals surface area contributed by atoms with E-state index < -0.39 is 0 Å². The van der Waals surface area contributed by atoms with Gasteiger partial charge < -0.3 is 4.52 Å². The third-order valence-corrected chi connectivity index (χ3v) is 2.41. The topological polar surface area (TPSA) is 38.9 Å². The molecule has 0 fully saturated rings. The van der Waals surface area contributed by atoms with Crippen molar-refractivity contribution in [3.63, 3.8) is 0 Å². The molecule has 14 heavy (non-hydrogen) atoms.